The average Bonchev–Trinajstić information content (AvgIpc) is 2.32. The van der Waals surface area contributed by atoms with E-state index in [-0.39, 0.29) is 11.5 Å². The maximum Gasteiger partial charge on any atom is 0.407 e. The van der Waals surface area contributed by atoms with Crippen molar-refractivity contribution in [2.75, 3.05) is 18.4 Å². The van der Waals surface area contributed by atoms with Crippen LogP contribution in [0.2, 0.25) is 0 Å². The predicted molar refractivity (Wildman–Crippen MR) is 87.9 cm³/mol. The minimum absolute atomic E-state index is 0.163. The van der Waals surface area contributed by atoms with Crippen molar-refractivity contribution in [3.05, 3.63) is 29.8 Å². The Morgan fingerprint density at radius 3 is 2.05 bits per heavy atom. The van der Waals surface area contributed by atoms with Crippen molar-refractivity contribution in [1.82, 2.24) is 5.32 Å². The molecule has 0 aliphatic heterocycles. The maximum atomic E-state index is 11.5. The number of anilines is 1. The van der Waals surface area contributed by atoms with E-state index in [4.69, 9.17) is 4.74 Å². The Morgan fingerprint density at radius 1 is 1.00 bits per heavy atom. The number of hydrogen-bond acceptors (Lipinski definition) is 3. The van der Waals surface area contributed by atoms with Gasteiger partial charge < -0.3 is 15.4 Å². The lowest BCUT2D eigenvalue weighted by atomic mass is 9.87. The van der Waals surface area contributed by atoms with E-state index in [9.17, 15) is 4.79 Å². The monoisotopic (exact) mass is 292 g/mol. The number of carbonyl (C=O) groups is 1. The zero-order valence-electron chi connectivity index (χ0n) is 14.0. The summed E-state index contributed by atoms with van der Waals surface area (Å²) >= 11 is 0. The molecule has 1 rings (SSSR count). The highest BCUT2D eigenvalue weighted by Gasteiger charge is 2.15. The van der Waals surface area contributed by atoms with Gasteiger partial charge in [-0.2, -0.15) is 0 Å². The first-order valence-electron chi connectivity index (χ1n) is 7.39. The average molecular weight is 292 g/mol. The number of alkyl carbamates (subject to hydrolysis) is 1. The summed E-state index contributed by atoms with van der Waals surface area (Å²) in [5, 5.41) is 5.99. The quantitative estimate of drug-likeness (QED) is 0.827. The Bertz CT molecular complexity index is 453. The Morgan fingerprint density at radius 2 is 1.57 bits per heavy atom. The number of hydrogen-bond donors (Lipinski definition) is 2. The van der Waals surface area contributed by atoms with E-state index in [2.05, 4.69) is 55.7 Å². The first kappa shape index (κ1) is 17.3. The largest absolute Gasteiger partial charge is 0.444 e. The van der Waals surface area contributed by atoms with Crippen LogP contribution in [0.15, 0.2) is 24.3 Å². The van der Waals surface area contributed by atoms with Crippen LogP contribution in [0.4, 0.5) is 10.5 Å². The van der Waals surface area contributed by atoms with Crippen molar-refractivity contribution in [2.45, 2.75) is 52.6 Å². The molecule has 0 unspecified atom stereocenters. The standard InChI is InChI=1S/C17H28N2O2/c1-16(2,3)13-7-9-14(10-8-13)18-11-12-19-15(20)21-17(4,5)6/h7-10,18H,11-12H2,1-6H3,(H,19,20). The Kier molecular flexibility index (Phi) is 5.64. The van der Waals surface area contributed by atoms with Gasteiger partial charge in [0.2, 0.25) is 0 Å². The summed E-state index contributed by atoms with van der Waals surface area (Å²) in [4.78, 5) is 11.5. The fraction of sp³-hybridized carbons (Fsp3) is 0.588. The highest BCUT2D eigenvalue weighted by Crippen LogP contribution is 2.23. The van der Waals surface area contributed by atoms with E-state index in [1.54, 1.807) is 0 Å². The van der Waals surface area contributed by atoms with Gasteiger partial charge in [-0.1, -0.05) is 32.9 Å². The predicted octanol–water partition coefficient (Wildman–Crippen LogP) is 3.92. The van der Waals surface area contributed by atoms with Crippen molar-refractivity contribution >= 4 is 11.8 Å². The molecule has 0 fully saturated rings. The number of amides is 1. The molecule has 0 atom stereocenters. The molecule has 0 saturated heterocycles. The molecule has 0 aromatic heterocycles. The van der Waals surface area contributed by atoms with Gasteiger partial charge in [-0.3, -0.25) is 0 Å². The third-order valence-corrected chi connectivity index (χ3v) is 2.87. The molecule has 2 N–H and O–H groups in total. The van der Waals surface area contributed by atoms with E-state index in [1.165, 1.54) is 5.56 Å². The summed E-state index contributed by atoms with van der Waals surface area (Å²) in [6.07, 6.45) is -0.382. The minimum atomic E-state index is -0.458. The number of nitrogens with one attached hydrogen (secondary N) is 2. The second-order valence-corrected chi connectivity index (χ2v) is 7.18. The van der Waals surface area contributed by atoms with Gasteiger partial charge in [0.15, 0.2) is 0 Å². The maximum absolute atomic E-state index is 11.5. The van der Waals surface area contributed by atoms with Crippen LogP contribution >= 0.6 is 0 Å². The highest BCUT2D eigenvalue weighted by atomic mass is 16.6. The van der Waals surface area contributed by atoms with Gasteiger partial charge in [-0.05, 0) is 43.9 Å². The summed E-state index contributed by atoms with van der Waals surface area (Å²) in [6, 6.07) is 8.38. The second kappa shape index (κ2) is 6.83. The number of ether oxygens (including phenoxy) is 1. The Hall–Kier alpha value is -1.71. The van der Waals surface area contributed by atoms with Gasteiger partial charge in [0, 0.05) is 18.8 Å². The van der Waals surface area contributed by atoms with Gasteiger partial charge in [0.1, 0.15) is 5.60 Å². The van der Waals surface area contributed by atoms with E-state index < -0.39 is 5.60 Å². The number of carbonyl (C=O) groups excluding carboxylic acids is 1. The zero-order chi connectivity index (χ0) is 16.1. The summed E-state index contributed by atoms with van der Waals surface area (Å²) in [5.74, 6) is 0. The molecule has 0 aliphatic carbocycles. The molecule has 1 aromatic carbocycles. The molecule has 4 heteroatoms. The SMILES string of the molecule is CC(C)(C)OC(=O)NCCNc1ccc(C(C)(C)C)cc1. The molecule has 0 heterocycles. The molecule has 0 spiro atoms. The Labute approximate surface area is 128 Å². The second-order valence-electron chi connectivity index (χ2n) is 7.18. The van der Waals surface area contributed by atoms with Crippen molar-refractivity contribution in [3.63, 3.8) is 0 Å². The number of benzene rings is 1. The van der Waals surface area contributed by atoms with E-state index in [1.807, 2.05) is 20.8 Å². The number of rotatable bonds is 4. The van der Waals surface area contributed by atoms with E-state index in [0.717, 1.165) is 5.69 Å². The molecular formula is C17H28N2O2. The van der Waals surface area contributed by atoms with Crippen LogP contribution in [0.1, 0.15) is 47.1 Å². The lowest BCUT2D eigenvalue weighted by Gasteiger charge is -2.20. The third kappa shape index (κ3) is 7.02. The summed E-state index contributed by atoms with van der Waals surface area (Å²) in [6.45, 7) is 13.3. The molecule has 0 aliphatic rings. The first-order valence-corrected chi connectivity index (χ1v) is 7.39. The topological polar surface area (TPSA) is 50.4 Å². The fourth-order valence-corrected chi connectivity index (χ4v) is 1.77. The zero-order valence-corrected chi connectivity index (χ0v) is 14.0. The van der Waals surface area contributed by atoms with Gasteiger partial charge in [-0.15, -0.1) is 0 Å². The fourth-order valence-electron chi connectivity index (χ4n) is 1.77. The van der Waals surface area contributed by atoms with Gasteiger partial charge in [0.25, 0.3) is 0 Å². The van der Waals surface area contributed by atoms with Crippen LogP contribution < -0.4 is 10.6 Å². The molecule has 0 saturated carbocycles. The van der Waals surface area contributed by atoms with Crippen LogP contribution in [0.5, 0.6) is 0 Å². The van der Waals surface area contributed by atoms with Gasteiger partial charge in [-0.25, -0.2) is 4.79 Å². The van der Waals surface area contributed by atoms with Gasteiger partial charge in [0.05, 0.1) is 0 Å². The molecule has 21 heavy (non-hydrogen) atoms. The lowest BCUT2D eigenvalue weighted by Crippen LogP contribution is -2.34. The van der Waals surface area contributed by atoms with Crippen molar-refractivity contribution in [3.8, 4) is 0 Å². The van der Waals surface area contributed by atoms with Crippen molar-refractivity contribution in [1.29, 1.82) is 0 Å². The highest BCUT2D eigenvalue weighted by molar-refractivity contribution is 5.67. The van der Waals surface area contributed by atoms with Crippen LogP contribution in [-0.4, -0.2) is 24.8 Å². The molecule has 1 aromatic rings. The molecule has 118 valence electrons. The van der Waals surface area contributed by atoms with Crippen LogP contribution in [-0.2, 0) is 10.2 Å². The summed E-state index contributed by atoms with van der Waals surface area (Å²) in [5.41, 5.74) is 2.06. The molecule has 0 radical (unpaired) electrons. The minimum Gasteiger partial charge on any atom is -0.444 e. The Balaban J connectivity index is 2.32. The van der Waals surface area contributed by atoms with Crippen LogP contribution in [0.25, 0.3) is 0 Å². The molecular weight excluding hydrogens is 264 g/mol. The van der Waals surface area contributed by atoms with Crippen molar-refractivity contribution < 1.29 is 9.53 Å². The van der Waals surface area contributed by atoms with Crippen molar-refractivity contribution in [2.24, 2.45) is 0 Å². The molecule has 1 amide bonds. The van der Waals surface area contributed by atoms with E-state index in [0.29, 0.717) is 13.1 Å². The lowest BCUT2D eigenvalue weighted by molar-refractivity contribution is 0.0530. The third-order valence-electron chi connectivity index (χ3n) is 2.87. The van der Waals surface area contributed by atoms with Crippen LogP contribution in [0, 0.1) is 0 Å². The summed E-state index contributed by atoms with van der Waals surface area (Å²) in [7, 11) is 0. The first-order chi connectivity index (χ1) is 9.58. The van der Waals surface area contributed by atoms with Crippen LogP contribution in [0.3, 0.4) is 0 Å². The van der Waals surface area contributed by atoms with E-state index >= 15 is 0 Å². The van der Waals surface area contributed by atoms with Gasteiger partial charge >= 0.3 is 6.09 Å². The smallest absolute Gasteiger partial charge is 0.407 e. The molecule has 4 nitrogen and oxygen atoms in total. The summed E-state index contributed by atoms with van der Waals surface area (Å²) < 4.78 is 5.17. The normalized spacial score (nSPS) is 11.9. The molecule has 0 bridgehead atoms.